The lowest BCUT2D eigenvalue weighted by atomic mass is 10.1. The lowest BCUT2D eigenvalue weighted by Gasteiger charge is -2.33. The van der Waals surface area contributed by atoms with E-state index in [2.05, 4.69) is 43.0 Å². The first kappa shape index (κ1) is 21.9. The molecule has 5 rings (SSSR count). The van der Waals surface area contributed by atoms with E-state index < -0.39 is 0 Å². The Morgan fingerprint density at radius 1 is 1.03 bits per heavy atom. The highest BCUT2D eigenvalue weighted by atomic mass is 16.2. The minimum Gasteiger partial charge on any atom is -0.312 e. The molecule has 174 valence electrons. The number of nitrogens with zero attached hydrogens (tertiary/aromatic N) is 5. The molecule has 0 radical (unpaired) electrons. The first-order valence-corrected chi connectivity index (χ1v) is 11.8. The predicted octanol–water partition coefficient (Wildman–Crippen LogP) is 3.96. The first-order chi connectivity index (χ1) is 16.5. The molecule has 34 heavy (non-hydrogen) atoms. The molecule has 0 aliphatic carbocycles. The molecule has 0 spiro atoms. The summed E-state index contributed by atoms with van der Waals surface area (Å²) in [6, 6.07) is 18.3. The van der Waals surface area contributed by atoms with Crippen molar-refractivity contribution >= 4 is 28.9 Å². The average molecular weight is 456 g/mol. The van der Waals surface area contributed by atoms with E-state index in [4.69, 9.17) is 4.98 Å². The molecule has 2 aromatic heterocycles. The molecule has 3 heterocycles. The lowest BCUT2D eigenvalue weighted by molar-refractivity contribution is 0.458. The Bertz CT molecular complexity index is 1480. The molecule has 0 unspecified atom stereocenters. The summed E-state index contributed by atoms with van der Waals surface area (Å²) >= 11 is 0. The topological polar surface area (TPSA) is 65.1 Å². The van der Waals surface area contributed by atoms with Crippen LogP contribution < -0.4 is 16.1 Å². The van der Waals surface area contributed by atoms with Gasteiger partial charge >= 0.3 is 5.69 Å². The maximum absolute atomic E-state index is 13.5. The van der Waals surface area contributed by atoms with Crippen molar-refractivity contribution < 1.29 is 0 Å². The zero-order valence-electron chi connectivity index (χ0n) is 19.8. The molecule has 1 atom stereocenters. The molecule has 4 aromatic rings. The van der Waals surface area contributed by atoms with Gasteiger partial charge in [0.05, 0.1) is 0 Å². The monoisotopic (exact) mass is 455 g/mol. The number of anilines is 2. The van der Waals surface area contributed by atoms with Gasteiger partial charge in [-0.25, -0.2) is 4.79 Å². The number of fused-ring (bicyclic) bond motifs is 3. The first-order valence-electron chi connectivity index (χ1n) is 11.8. The fourth-order valence-electron chi connectivity index (χ4n) is 4.65. The van der Waals surface area contributed by atoms with E-state index in [0.29, 0.717) is 29.6 Å². The second kappa shape index (κ2) is 8.82. The number of imidazole rings is 1. The Morgan fingerprint density at radius 3 is 2.47 bits per heavy atom. The van der Waals surface area contributed by atoms with Crippen LogP contribution in [-0.4, -0.2) is 25.2 Å². The number of rotatable bonds is 5. The normalized spacial score (nSPS) is 15.9. The van der Waals surface area contributed by atoms with Crippen LogP contribution in [0.4, 0.5) is 11.6 Å². The summed E-state index contributed by atoms with van der Waals surface area (Å²) in [4.78, 5) is 33.6. The van der Waals surface area contributed by atoms with E-state index >= 15 is 0 Å². The van der Waals surface area contributed by atoms with Crippen LogP contribution in [-0.2, 0) is 26.6 Å². The molecule has 0 saturated heterocycles. The fraction of sp³-hybridized carbons (Fsp3) is 0.296. The molecule has 0 saturated carbocycles. The van der Waals surface area contributed by atoms with Gasteiger partial charge in [-0.15, -0.1) is 0 Å². The molecular formula is C27H29N5O2. The van der Waals surface area contributed by atoms with Gasteiger partial charge in [-0.3, -0.25) is 13.9 Å². The van der Waals surface area contributed by atoms with Crippen LogP contribution >= 0.6 is 0 Å². The van der Waals surface area contributed by atoms with E-state index in [0.717, 1.165) is 24.2 Å². The number of allylic oxidation sites excluding steroid dienone is 1. The van der Waals surface area contributed by atoms with Crippen LogP contribution in [0, 0.1) is 5.92 Å². The summed E-state index contributed by atoms with van der Waals surface area (Å²) in [5.41, 5.74) is 3.58. The van der Waals surface area contributed by atoms with Crippen LogP contribution in [0.5, 0.6) is 0 Å². The van der Waals surface area contributed by atoms with Crippen molar-refractivity contribution in [1.29, 1.82) is 0 Å². The number of aryl methyl sites for hydroxylation is 2. The SMILES string of the molecule is CCc1ccc(N2C[C@H](C)Cn3c2nc2c3c(=O)n(C/C=C\c3ccccc3)c(=O)n2C)cc1. The second-order valence-corrected chi connectivity index (χ2v) is 9.00. The highest BCUT2D eigenvalue weighted by Gasteiger charge is 2.29. The van der Waals surface area contributed by atoms with Gasteiger partial charge in [0.2, 0.25) is 5.95 Å². The van der Waals surface area contributed by atoms with Gasteiger partial charge in [0, 0.05) is 32.4 Å². The van der Waals surface area contributed by atoms with Crippen molar-refractivity contribution in [2.45, 2.75) is 33.4 Å². The molecular weight excluding hydrogens is 426 g/mol. The van der Waals surface area contributed by atoms with Gasteiger partial charge in [-0.2, -0.15) is 4.98 Å². The Hall–Kier alpha value is -3.87. The summed E-state index contributed by atoms with van der Waals surface area (Å²) in [7, 11) is 1.68. The van der Waals surface area contributed by atoms with Crippen LogP contribution in [0.1, 0.15) is 25.0 Å². The van der Waals surface area contributed by atoms with Gasteiger partial charge in [0.25, 0.3) is 5.56 Å². The highest BCUT2D eigenvalue weighted by Crippen LogP contribution is 2.32. The fourth-order valence-corrected chi connectivity index (χ4v) is 4.65. The summed E-state index contributed by atoms with van der Waals surface area (Å²) in [5, 5.41) is 0. The Kier molecular flexibility index (Phi) is 5.69. The number of aromatic nitrogens is 4. The summed E-state index contributed by atoms with van der Waals surface area (Å²) in [6.07, 6.45) is 4.75. The van der Waals surface area contributed by atoms with E-state index in [1.807, 2.05) is 47.1 Å². The predicted molar refractivity (Wildman–Crippen MR) is 137 cm³/mol. The molecule has 0 amide bonds. The van der Waals surface area contributed by atoms with Crippen LogP contribution in [0.25, 0.3) is 17.2 Å². The highest BCUT2D eigenvalue weighted by molar-refractivity contribution is 5.77. The van der Waals surface area contributed by atoms with Crippen molar-refractivity contribution in [1.82, 2.24) is 18.7 Å². The van der Waals surface area contributed by atoms with Crippen LogP contribution in [0.2, 0.25) is 0 Å². The van der Waals surface area contributed by atoms with E-state index in [9.17, 15) is 9.59 Å². The second-order valence-electron chi connectivity index (χ2n) is 9.00. The quantitative estimate of drug-likeness (QED) is 0.457. The van der Waals surface area contributed by atoms with Crippen molar-refractivity contribution in [2.24, 2.45) is 13.0 Å². The maximum Gasteiger partial charge on any atom is 0.332 e. The van der Waals surface area contributed by atoms with Gasteiger partial charge < -0.3 is 9.47 Å². The third-order valence-corrected chi connectivity index (χ3v) is 6.50. The molecule has 1 aliphatic heterocycles. The average Bonchev–Trinajstić information content (AvgIpc) is 3.24. The molecule has 7 heteroatoms. The molecule has 7 nitrogen and oxygen atoms in total. The summed E-state index contributed by atoms with van der Waals surface area (Å²) in [5.74, 6) is 1.03. The minimum absolute atomic E-state index is 0.203. The summed E-state index contributed by atoms with van der Waals surface area (Å²) < 4.78 is 4.76. The number of hydrogen-bond donors (Lipinski definition) is 0. The van der Waals surface area contributed by atoms with Crippen LogP contribution in [0.15, 0.2) is 70.3 Å². The van der Waals surface area contributed by atoms with Crippen molar-refractivity contribution in [2.75, 3.05) is 11.4 Å². The van der Waals surface area contributed by atoms with Gasteiger partial charge in [0.1, 0.15) is 0 Å². The zero-order valence-corrected chi connectivity index (χ0v) is 19.8. The van der Waals surface area contributed by atoms with Crippen molar-refractivity contribution in [3.63, 3.8) is 0 Å². The number of benzene rings is 2. The third kappa shape index (κ3) is 3.77. The van der Waals surface area contributed by atoms with Gasteiger partial charge in [-0.1, -0.05) is 68.5 Å². The van der Waals surface area contributed by atoms with Crippen molar-refractivity contribution in [3.8, 4) is 0 Å². The standard InChI is InChI=1S/C27H29N5O2/c1-4-20-12-14-22(15-13-20)31-17-19(2)18-32-23-24(28-26(31)32)29(3)27(34)30(25(23)33)16-8-11-21-9-6-5-7-10-21/h5-15,19H,4,16-18H2,1-3H3/b11-8-/t19-/m0/s1. The summed E-state index contributed by atoms with van der Waals surface area (Å²) in [6.45, 7) is 6.00. The van der Waals surface area contributed by atoms with E-state index in [-0.39, 0.29) is 17.8 Å². The lowest BCUT2D eigenvalue weighted by Crippen LogP contribution is -2.40. The number of hydrogen-bond acceptors (Lipinski definition) is 4. The molecule has 0 fully saturated rings. The zero-order chi connectivity index (χ0) is 23.8. The molecule has 0 bridgehead atoms. The molecule has 1 aliphatic rings. The third-order valence-electron chi connectivity index (χ3n) is 6.50. The largest absolute Gasteiger partial charge is 0.332 e. The van der Waals surface area contributed by atoms with Crippen LogP contribution in [0.3, 0.4) is 0 Å². The Labute approximate surface area is 198 Å². The molecule has 2 aromatic carbocycles. The Balaban J connectivity index is 1.61. The maximum atomic E-state index is 13.5. The van der Waals surface area contributed by atoms with Gasteiger partial charge in [-0.05, 0) is 35.6 Å². The Morgan fingerprint density at radius 2 is 1.76 bits per heavy atom. The van der Waals surface area contributed by atoms with Crippen molar-refractivity contribution in [3.05, 3.63) is 92.6 Å². The van der Waals surface area contributed by atoms with E-state index in [1.165, 1.54) is 14.7 Å². The molecule has 0 N–H and O–H groups in total. The minimum atomic E-state index is -0.363. The van der Waals surface area contributed by atoms with Gasteiger partial charge in [0.15, 0.2) is 11.2 Å². The smallest absolute Gasteiger partial charge is 0.312 e. The van der Waals surface area contributed by atoms with E-state index in [1.54, 1.807) is 7.05 Å².